The van der Waals surface area contributed by atoms with Gasteiger partial charge in [-0.1, -0.05) is 53.5 Å². The molecule has 0 aliphatic carbocycles. The van der Waals surface area contributed by atoms with Crippen molar-refractivity contribution < 1.29 is 19.1 Å². The number of hydrogen-bond donors (Lipinski definition) is 0. The molecule has 3 aromatic carbocycles. The minimum atomic E-state index is -0.368. The Bertz CT molecular complexity index is 1280. The number of methoxy groups -OCH3 is 1. The molecule has 0 unspecified atom stereocenters. The van der Waals surface area contributed by atoms with Gasteiger partial charge in [-0.05, 0) is 80.8 Å². The van der Waals surface area contributed by atoms with E-state index in [2.05, 4.69) is 15.9 Å². The first-order valence-corrected chi connectivity index (χ1v) is 12.5. The van der Waals surface area contributed by atoms with Crippen LogP contribution >= 0.6 is 50.9 Å². The van der Waals surface area contributed by atoms with Crippen molar-refractivity contribution in [3.63, 3.8) is 0 Å². The van der Waals surface area contributed by atoms with E-state index in [1.807, 2.05) is 24.3 Å². The predicted octanol–water partition coefficient (Wildman–Crippen LogP) is 7.58. The third-order valence-electron chi connectivity index (χ3n) is 5.01. The monoisotopic (exact) mass is 577 g/mol. The second-order valence-electron chi connectivity index (χ2n) is 7.31. The summed E-state index contributed by atoms with van der Waals surface area (Å²) in [5, 5.41) is 0.821. The van der Waals surface area contributed by atoms with E-state index in [4.69, 9.17) is 32.7 Å². The minimum Gasteiger partial charge on any atom is -0.493 e. The molecule has 0 bridgehead atoms. The number of amides is 2. The molecule has 1 aliphatic heterocycles. The Kier molecular flexibility index (Phi) is 7.88. The van der Waals surface area contributed by atoms with Gasteiger partial charge in [-0.25, -0.2) is 0 Å². The summed E-state index contributed by atoms with van der Waals surface area (Å²) in [6.07, 6.45) is 1.66. The zero-order valence-electron chi connectivity index (χ0n) is 17.9. The van der Waals surface area contributed by atoms with Crippen LogP contribution < -0.4 is 9.47 Å². The number of imide groups is 1. The highest BCUT2D eigenvalue weighted by Gasteiger charge is 2.35. The van der Waals surface area contributed by atoms with Crippen LogP contribution in [0, 0.1) is 0 Å². The third-order valence-corrected chi connectivity index (χ3v) is 7.12. The number of ether oxygens (including phenoxy) is 2. The number of nitrogens with zero attached hydrogens (tertiary/aromatic N) is 1. The number of rotatable bonds is 7. The summed E-state index contributed by atoms with van der Waals surface area (Å²) in [7, 11) is 1.54. The Morgan fingerprint density at radius 1 is 1.06 bits per heavy atom. The lowest BCUT2D eigenvalue weighted by Gasteiger charge is -2.14. The van der Waals surface area contributed by atoms with E-state index in [-0.39, 0.29) is 17.7 Å². The van der Waals surface area contributed by atoms with Crippen molar-refractivity contribution in [1.82, 2.24) is 4.90 Å². The lowest BCUT2D eigenvalue weighted by Crippen LogP contribution is -2.27. The van der Waals surface area contributed by atoms with Gasteiger partial charge < -0.3 is 9.47 Å². The molecule has 34 heavy (non-hydrogen) atoms. The molecule has 5 nitrogen and oxygen atoms in total. The van der Waals surface area contributed by atoms with E-state index in [1.54, 1.807) is 42.5 Å². The van der Waals surface area contributed by atoms with Crippen LogP contribution in [-0.2, 0) is 17.9 Å². The van der Waals surface area contributed by atoms with Gasteiger partial charge in [0.05, 0.1) is 23.0 Å². The van der Waals surface area contributed by atoms with Crippen molar-refractivity contribution in [3.05, 3.63) is 96.8 Å². The highest BCUT2D eigenvalue weighted by atomic mass is 79.9. The van der Waals surface area contributed by atoms with E-state index >= 15 is 0 Å². The van der Waals surface area contributed by atoms with E-state index < -0.39 is 0 Å². The smallest absolute Gasteiger partial charge is 0.293 e. The summed E-state index contributed by atoms with van der Waals surface area (Å²) in [6.45, 7) is 0.443. The van der Waals surface area contributed by atoms with Crippen LogP contribution in [0.4, 0.5) is 4.79 Å². The number of carbonyl (C=O) groups excluding carboxylic acids is 2. The molecule has 0 spiro atoms. The predicted molar refractivity (Wildman–Crippen MR) is 139 cm³/mol. The Labute approximate surface area is 219 Å². The largest absolute Gasteiger partial charge is 0.493 e. The standard InChI is InChI=1S/C25H18BrCl2NO4S/c1-32-21-11-16(10-19(26)23(21)33-14-15-6-8-18(27)9-7-15)12-22-24(30)29(25(31)34-22)13-17-4-2-3-5-20(17)28/h2-12H,13-14H2,1H3/b22-12+. The molecule has 1 aliphatic rings. The summed E-state index contributed by atoms with van der Waals surface area (Å²) >= 11 is 16.5. The van der Waals surface area contributed by atoms with Gasteiger partial charge in [-0.3, -0.25) is 14.5 Å². The molecule has 1 heterocycles. The molecular weight excluding hydrogens is 561 g/mol. The van der Waals surface area contributed by atoms with E-state index in [0.29, 0.717) is 48.7 Å². The third kappa shape index (κ3) is 5.61. The van der Waals surface area contributed by atoms with Crippen molar-refractivity contribution in [3.8, 4) is 11.5 Å². The number of hydrogen-bond acceptors (Lipinski definition) is 5. The normalized spacial score (nSPS) is 14.7. The molecule has 174 valence electrons. The Morgan fingerprint density at radius 3 is 2.50 bits per heavy atom. The SMILES string of the molecule is COc1cc(/C=C2/SC(=O)N(Cc3ccccc3Cl)C2=O)cc(Br)c1OCc1ccc(Cl)cc1. The van der Waals surface area contributed by atoms with Crippen LogP contribution in [0.25, 0.3) is 6.08 Å². The maximum atomic E-state index is 12.9. The van der Waals surface area contributed by atoms with Gasteiger partial charge in [0, 0.05) is 10.0 Å². The second kappa shape index (κ2) is 10.9. The van der Waals surface area contributed by atoms with E-state index in [1.165, 1.54) is 12.0 Å². The van der Waals surface area contributed by atoms with Gasteiger partial charge in [0.15, 0.2) is 11.5 Å². The summed E-state index contributed by atoms with van der Waals surface area (Å²) in [5.74, 6) is 0.652. The molecule has 9 heteroatoms. The molecule has 4 rings (SSSR count). The van der Waals surface area contributed by atoms with Crippen LogP contribution in [0.3, 0.4) is 0 Å². The molecule has 3 aromatic rings. The van der Waals surface area contributed by atoms with Gasteiger partial charge in [0.25, 0.3) is 11.1 Å². The Balaban J connectivity index is 1.53. The molecule has 0 aromatic heterocycles. The van der Waals surface area contributed by atoms with Crippen molar-refractivity contribution in [2.75, 3.05) is 7.11 Å². The summed E-state index contributed by atoms with van der Waals surface area (Å²) in [4.78, 5) is 26.9. The van der Waals surface area contributed by atoms with Gasteiger partial charge >= 0.3 is 0 Å². The molecule has 1 fully saturated rings. The van der Waals surface area contributed by atoms with E-state index in [9.17, 15) is 9.59 Å². The molecular formula is C25H18BrCl2NO4S. The average Bonchev–Trinajstić information content (AvgIpc) is 3.07. The second-order valence-corrected chi connectivity index (χ2v) is 10.00. The molecule has 0 saturated carbocycles. The number of carbonyl (C=O) groups is 2. The molecule has 2 amide bonds. The number of halogens is 3. The topological polar surface area (TPSA) is 55.8 Å². The van der Waals surface area contributed by atoms with Crippen LogP contribution in [0.5, 0.6) is 11.5 Å². The first-order chi connectivity index (χ1) is 16.4. The van der Waals surface area contributed by atoms with E-state index in [0.717, 1.165) is 17.3 Å². The fraction of sp³-hybridized carbons (Fsp3) is 0.120. The summed E-state index contributed by atoms with van der Waals surface area (Å²) in [6, 6.07) is 18.1. The van der Waals surface area contributed by atoms with Crippen molar-refractivity contribution >= 4 is 68.1 Å². The van der Waals surface area contributed by atoms with Gasteiger partial charge in [-0.15, -0.1) is 0 Å². The highest BCUT2D eigenvalue weighted by molar-refractivity contribution is 9.10. The van der Waals surface area contributed by atoms with Crippen LogP contribution in [0.2, 0.25) is 10.0 Å². The zero-order chi connectivity index (χ0) is 24.2. The zero-order valence-corrected chi connectivity index (χ0v) is 21.8. The average molecular weight is 579 g/mol. The van der Waals surface area contributed by atoms with Gasteiger partial charge in [0.2, 0.25) is 0 Å². The van der Waals surface area contributed by atoms with Crippen molar-refractivity contribution in [1.29, 1.82) is 0 Å². The number of thioether (sulfide) groups is 1. The quantitative estimate of drug-likeness (QED) is 0.270. The van der Waals surface area contributed by atoms with Crippen molar-refractivity contribution in [2.45, 2.75) is 13.2 Å². The lowest BCUT2D eigenvalue weighted by atomic mass is 10.1. The summed E-state index contributed by atoms with van der Waals surface area (Å²) in [5.41, 5.74) is 2.35. The van der Waals surface area contributed by atoms with Gasteiger partial charge in [-0.2, -0.15) is 0 Å². The van der Waals surface area contributed by atoms with Gasteiger partial charge in [0.1, 0.15) is 6.61 Å². The van der Waals surface area contributed by atoms with Crippen LogP contribution in [0.15, 0.2) is 70.0 Å². The Hall–Kier alpha value is -2.45. The fourth-order valence-electron chi connectivity index (χ4n) is 3.28. The van der Waals surface area contributed by atoms with Crippen LogP contribution in [0.1, 0.15) is 16.7 Å². The lowest BCUT2D eigenvalue weighted by molar-refractivity contribution is -0.123. The molecule has 0 radical (unpaired) electrons. The maximum absolute atomic E-state index is 12.9. The maximum Gasteiger partial charge on any atom is 0.293 e. The first-order valence-electron chi connectivity index (χ1n) is 10.1. The molecule has 0 atom stereocenters. The molecule has 1 saturated heterocycles. The molecule has 0 N–H and O–H groups in total. The minimum absolute atomic E-state index is 0.117. The number of benzene rings is 3. The van der Waals surface area contributed by atoms with Crippen molar-refractivity contribution in [2.24, 2.45) is 0 Å². The Morgan fingerprint density at radius 2 is 1.79 bits per heavy atom. The first kappa shape index (κ1) is 24.7. The highest BCUT2D eigenvalue weighted by Crippen LogP contribution is 2.40. The van der Waals surface area contributed by atoms with Crippen LogP contribution in [-0.4, -0.2) is 23.2 Å². The fourth-order valence-corrected chi connectivity index (χ4v) is 5.02. The summed E-state index contributed by atoms with van der Waals surface area (Å²) < 4.78 is 12.1.